The number of hydrogen-bond donors (Lipinski definition) is 1. The minimum Gasteiger partial charge on any atom is -0.481 e. The summed E-state index contributed by atoms with van der Waals surface area (Å²) in [5, 5.41) is 1.41. The van der Waals surface area contributed by atoms with Crippen LogP contribution in [0.25, 0.3) is 10.9 Å². The molecule has 0 aliphatic carbocycles. The van der Waals surface area contributed by atoms with E-state index in [1.54, 1.807) is 30.3 Å². The summed E-state index contributed by atoms with van der Waals surface area (Å²) in [6, 6.07) is 7.16. The van der Waals surface area contributed by atoms with Crippen molar-refractivity contribution in [1.29, 1.82) is 0 Å². The lowest BCUT2D eigenvalue weighted by molar-refractivity contribution is -0.133. The molecule has 1 aromatic carbocycles. The first kappa shape index (κ1) is 23.7. The number of ether oxygens (including phenoxy) is 1. The summed E-state index contributed by atoms with van der Waals surface area (Å²) in [6.07, 6.45) is 1.67. The predicted octanol–water partition coefficient (Wildman–Crippen LogP) is 3.55. The van der Waals surface area contributed by atoms with Gasteiger partial charge in [-0.15, -0.1) is 24.8 Å². The maximum atomic E-state index is 12.2. The van der Waals surface area contributed by atoms with Gasteiger partial charge in [0, 0.05) is 25.2 Å². The van der Waals surface area contributed by atoms with E-state index in [0.717, 1.165) is 5.39 Å². The van der Waals surface area contributed by atoms with E-state index in [-0.39, 0.29) is 42.7 Å². The minimum absolute atomic E-state index is 0. The van der Waals surface area contributed by atoms with E-state index in [4.69, 9.17) is 22.1 Å². The Balaban J connectivity index is 0.00000288. The molecule has 0 aliphatic heterocycles. The molecule has 0 radical (unpaired) electrons. The molecule has 0 bridgehead atoms. The van der Waals surface area contributed by atoms with Crippen LogP contribution < -0.4 is 10.5 Å². The van der Waals surface area contributed by atoms with Crippen LogP contribution in [0, 0.1) is 5.41 Å². The highest BCUT2D eigenvalue weighted by Gasteiger charge is 2.21. The molecule has 0 fully saturated rings. The summed E-state index contributed by atoms with van der Waals surface area (Å²) in [5.74, 6) is 0.440. The van der Waals surface area contributed by atoms with Gasteiger partial charge in [-0.05, 0) is 36.2 Å². The number of aromatic nitrogens is 1. The number of nitrogens with two attached hydrogens (primary N) is 1. The van der Waals surface area contributed by atoms with Crippen LogP contribution in [0.3, 0.4) is 0 Å². The van der Waals surface area contributed by atoms with Gasteiger partial charge in [0.05, 0.1) is 5.02 Å². The minimum atomic E-state index is -0.126. The Labute approximate surface area is 165 Å². The van der Waals surface area contributed by atoms with Gasteiger partial charge in [0.25, 0.3) is 5.91 Å². The SMILES string of the molecule is CN(CC(C)(C)CN)C(=O)COc1ccc(Cl)c2cccnc12.Cl.Cl. The van der Waals surface area contributed by atoms with Gasteiger partial charge < -0.3 is 15.4 Å². The number of halogens is 3. The van der Waals surface area contributed by atoms with Crippen LogP contribution in [-0.4, -0.2) is 42.5 Å². The van der Waals surface area contributed by atoms with Crippen molar-refractivity contribution in [2.45, 2.75) is 13.8 Å². The van der Waals surface area contributed by atoms with Gasteiger partial charge in [-0.25, -0.2) is 0 Å². The summed E-state index contributed by atoms with van der Waals surface area (Å²) < 4.78 is 5.66. The Bertz CT molecular complexity index is 711. The topological polar surface area (TPSA) is 68.5 Å². The molecule has 5 nitrogen and oxygen atoms in total. The highest BCUT2D eigenvalue weighted by atomic mass is 35.5. The molecular weight excluding hydrogens is 385 g/mol. The Morgan fingerprint density at radius 3 is 2.64 bits per heavy atom. The summed E-state index contributed by atoms with van der Waals surface area (Å²) in [7, 11) is 1.75. The first-order valence-corrected chi connectivity index (χ1v) is 7.82. The second-order valence-corrected chi connectivity index (χ2v) is 6.76. The Kier molecular flexibility index (Phi) is 9.51. The van der Waals surface area contributed by atoms with E-state index in [1.807, 2.05) is 26.0 Å². The fourth-order valence-electron chi connectivity index (χ4n) is 2.27. The summed E-state index contributed by atoms with van der Waals surface area (Å²) in [5.41, 5.74) is 6.23. The molecule has 0 saturated carbocycles. The first-order chi connectivity index (χ1) is 10.8. The lowest BCUT2D eigenvalue weighted by Gasteiger charge is -2.29. The quantitative estimate of drug-likeness (QED) is 0.793. The zero-order chi connectivity index (χ0) is 17.0. The lowest BCUT2D eigenvalue weighted by atomic mass is 9.93. The fourth-order valence-corrected chi connectivity index (χ4v) is 2.49. The third-order valence-corrected chi connectivity index (χ3v) is 4.00. The molecule has 140 valence electrons. The summed E-state index contributed by atoms with van der Waals surface area (Å²) in [6.45, 7) is 5.08. The van der Waals surface area contributed by atoms with Crippen LogP contribution in [0.5, 0.6) is 5.75 Å². The van der Waals surface area contributed by atoms with Crippen LogP contribution in [0.15, 0.2) is 30.5 Å². The molecule has 2 rings (SSSR count). The second kappa shape index (κ2) is 10.0. The predicted molar refractivity (Wildman–Crippen MR) is 107 cm³/mol. The summed E-state index contributed by atoms with van der Waals surface area (Å²) >= 11 is 6.15. The maximum absolute atomic E-state index is 12.2. The molecule has 2 aromatic rings. The number of benzene rings is 1. The van der Waals surface area contributed by atoms with Gasteiger partial charge in [-0.1, -0.05) is 25.4 Å². The largest absolute Gasteiger partial charge is 0.481 e. The van der Waals surface area contributed by atoms with E-state index in [9.17, 15) is 4.79 Å². The van der Waals surface area contributed by atoms with Gasteiger partial charge in [-0.3, -0.25) is 9.78 Å². The van der Waals surface area contributed by atoms with Crippen LogP contribution in [-0.2, 0) is 4.79 Å². The highest BCUT2D eigenvalue weighted by molar-refractivity contribution is 6.35. The van der Waals surface area contributed by atoms with Gasteiger partial charge >= 0.3 is 0 Å². The number of rotatable bonds is 6. The van der Waals surface area contributed by atoms with Crippen molar-refractivity contribution in [2.75, 3.05) is 26.7 Å². The van der Waals surface area contributed by atoms with Crippen molar-refractivity contribution in [3.05, 3.63) is 35.5 Å². The van der Waals surface area contributed by atoms with E-state index in [0.29, 0.717) is 29.4 Å². The van der Waals surface area contributed by atoms with Crippen molar-refractivity contribution in [3.8, 4) is 5.75 Å². The molecule has 1 heterocycles. The molecule has 1 amide bonds. The fraction of sp³-hybridized carbons (Fsp3) is 0.412. The molecule has 0 saturated heterocycles. The standard InChI is InChI=1S/C17H22ClN3O2.2ClH/c1-17(2,10-19)11-21(3)15(22)9-23-14-7-6-13(18)12-5-4-8-20-16(12)14;;/h4-8H,9-11,19H2,1-3H3;2*1H. The van der Waals surface area contributed by atoms with E-state index >= 15 is 0 Å². The van der Waals surface area contributed by atoms with Crippen molar-refractivity contribution >= 4 is 53.2 Å². The Hall–Kier alpha value is -1.27. The van der Waals surface area contributed by atoms with Crippen LogP contribution >= 0.6 is 36.4 Å². The number of likely N-dealkylation sites (N-methyl/N-ethyl adjacent to an activating group) is 1. The number of nitrogens with zero attached hydrogens (tertiary/aromatic N) is 2. The molecule has 1 aromatic heterocycles. The number of hydrogen-bond acceptors (Lipinski definition) is 4. The Morgan fingerprint density at radius 1 is 1.32 bits per heavy atom. The summed E-state index contributed by atoms with van der Waals surface area (Å²) in [4.78, 5) is 18.2. The lowest BCUT2D eigenvalue weighted by Crippen LogP contribution is -2.41. The second-order valence-electron chi connectivity index (χ2n) is 6.35. The Morgan fingerprint density at radius 2 is 2.00 bits per heavy atom. The molecular formula is C17H24Cl3N3O2. The van der Waals surface area contributed by atoms with E-state index < -0.39 is 0 Å². The molecule has 2 N–H and O–H groups in total. The van der Waals surface area contributed by atoms with Crippen LogP contribution in [0.2, 0.25) is 5.02 Å². The van der Waals surface area contributed by atoms with Crippen molar-refractivity contribution < 1.29 is 9.53 Å². The van der Waals surface area contributed by atoms with Gasteiger partial charge in [0.2, 0.25) is 0 Å². The van der Waals surface area contributed by atoms with Crippen molar-refractivity contribution in [1.82, 2.24) is 9.88 Å². The smallest absolute Gasteiger partial charge is 0.260 e. The van der Waals surface area contributed by atoms with E-state index in [2.05, 4.69) is 4.98 Å². The van der Waals surface area contributed by atoms with Crippen molar-refractivity contribution in [3.63, 3.8) is 0 Å². The van der Waals surface area contributed by atoms with Crippen LogP contribution in [0.1, 0.15) is 13.8 Å². The van der Waals surface area contributed by atoms with E-state index in [1.165, 1.54) is 0 Å². The zero-order valence-corrected chi connectivity index (χ0v) is 16.9. The average Bonchev–Trinajstić information content (AvgIpc) is 2.54. The average molecular weight is 409 g/mol. The van der Waals surface area contributed by atoms with Gasteiger partial charge in [0.1, 0.15) is 11.3 Å². The molecule has 0 aliphatic rings. The molecule has 25 heavy (non-hydrogen) atoms. The number of pyridine rings is 1. The molecule has 0 atom stereocenters. The molecule has 0 unspecified atom stereocenters. The van der Waals surface area contributed by atoms with Gasteiger partial charge in [-0.2, -0.15) is 0 Å². The number of fused-ring (bicyclic) bond motifs is 1. The first-order valence-electron chi connectivity index (χ1n) is 7.44. The highest BCUT2D eigenvalue weighted by Crippen LogP contribution is 2.29. The maximum Gasteiger partial charge on any atom is 0.260 e. The van der Waals surface area contributed by atoms with Crippen molar-refractivity contribution in [2.24, 2.45) is 11.1 Å². The number of amides is 1. The molecule has 0 spiro atoms. The molecule has 8 heteroatoms. The third kappa shape index (κ3) is 6.19. The normalized spacial score (nSPS) is 10.6. The third-order valence-electron chi connectivity index (χ3n) is 3.67. The van der Waals surface area contributed by atoms with Crippen LogP contribution in [0.4, 0.5) is 0 Å². The number of carbonyl (C=O) groups excluding carboxylic acids is 1. The van der Waals surface area contributed by atoms with Gasteiger partial charge in [0.15, 0.2) is 6.61 Å². The monoisotopic (exact) mass is 407 g/mol. The zero-order valence-electron chi connectivity index (χ0n) is 14.5. The number of carbonyl (C=O) groups is 1.